The molecule has 0 saturated heterocycles. The Bertz CT molecular complexity index is 3530. The maximum atomic E-state index is 2.44. The minimum absolute atomic E-state index is 1.15. The number of rotatable bonds is 5. The lowest BCUT2D eigenvalue weighted by atomic mass is 9.99. The van der Waals surface area contributed by atoms with Gasteiger partial charge in [0.05, 0.1) is 33.1 Å². The number of benzene rings is 9. The molecule has 0 aliphatic carbocycles. The SMILES string of the molecule is Cc1ccc2c(c1)c1cc(-c3ccc4c(c3)c3c5c6ccccc6n(-c6ccc(-c7ccccc7)cc6)c5ccc3n4-c3ccccc3)ccc1n2-c1ccccc1. The Morgan fingerprint density at radius 3 is 1.29 bits per heavy atom. The predicted molar refractivity (Wildman–Crippen MR) is 245 cm³/mol. The smallest absolute Gasteiger partial charge is 0.0548 e. The van der Waals surface area contributed by atoms with Gasteiger partial charge in [-0.1, -0.05) is 121 Å². The minimum atomic E-state index is 1.15. The minimum Gasteiger partial charge on any atom is -0.309 e. The lowest BCUT2D eigenvalue weighted by molar-refractivity contribution is 1.17. The van der Waals surface area contributed by atoms with Crippen molar-refractivity contribution >= 4 is 65.4 Å². The van der Waals surface area contributed by atoms with E-state index in [9.17, 15) is 0 Å². The molecule has 0 radical (unpaired) electrons. The fourth-order valence-electron chi connectivity index (χ4n) is 9.49. The summed E-state index contributed by atoms with van der Waals surface area (Å²) in [6.45, 7) is 2.18. The molecule has 3 heterocycles. The van der Waals surface area contributed by atoms with Gasteiger partial charge in [-0.05, 0) is 120 Å². The van der Waals surface area contributed by atoms with E-state index >= 15 is 0 Å². The molecule has 3 nitrogen and oxygen atoms in total. The highest BCUT2D eigenvalue weighted by Crippen LogP contribution is 2.44. The van der Waals surface area contributed by atoms with Crippen LogP contribution >= 0.6 is 0 Å². The van der Waals surface area contributed by atoms with Crippen molar-refractivity contribution in [2.75, 3.05) is 0 Å². The molecule has 0 bridgehead atoms. The number of hydrogen-bond donors (Lipinski definition) is 0. The molecule has 0 N–H and O–H groups in total. The average molecular weight is 740 g/mol. The van der Waals surface area contributed by atoms with Gasteiger partial charge in [-0.15, -0.1) is 0 Å². The van der Waals surface area contributed by atoms with Crippen molar-refractivity contribution in [3.8, 4) is 39.3 Å². The molecule has 3 aromatic heterocycles. The van der Waals surface area contributed by atoms with E-state index in [1.807, 2.05) is 0 Å². The number of para-hydroxylation sites is 3. The zero-order valence-corrected chi connectivity index (χ0v) is 32.0. The zero-order chi connectivity index (χ0) is 38.3. The summed E-state index contributed by atoms with van der Waals surface area (Å²) in [4.78, 5) is 0. The first-order chi connectivity index (χ1) is 28.7. The van der Waals surface area contributed by atoms with Gasteiger partial charge in [0, 0.05) is 49.4 Å². The molecule has 272 valence electrons. The van der Waals surface area contributed by atoms with Crippen LogP contribution in [0, 0.1) is 6.92 Å². The number of hydrogen-bond acceptors (Lipinski definition) is 0. The topological polar surface area (TPSA) is 14.8 Å². The molecule has 0 amide bonds. The van der Waals surface area contributed by atoms with Gasteiger partial charge in [-0.2, -0.15) is 0 Å². The summed E-state index contributed by atoms with van der Waals surface area (Å²) < 4.78 is 7.27. The number of aryl methyl sites for hydroxylation is 1. The third kappa shape index (κ3) is 4.87. The van der Waals surface area contributed by atoms with E-state index in [-0.39, 0.29) is 0 Å². The molecule has 0 spiro atoms. The monoisotopic (exact) mass is 739 g/mol. The predicted octanol–water partition coefficient (Wildman–Crippen LogP) is 14.6. The molecule has 0 saturated carbocycles. The van der Waals surface area contributed by atoms with Gasteiger partial charge in [-0.3, -0.25) is 0 Å². The van der Waals surface area contributed by atoms with Crippen molar-refractivity contribution in [3.05, 3.63) is 212 Å². The fraction of sp³-hybridized carbons (Fsp3) is 0.0182. The van der Waals surface area contributed by atoms with Crippen LogP contribution in [0.5, 0.6) is 0 Å². The number of aromatic nitrogens is 3. The molecule has 0 fully saturated rings. The highest BCUT2D eigenvalue weighted by molar-refractivity contribution is 6.29. The summed E-state index contributed by atoms with van der Waals surface area (Å²) in [5, 5.41) is 7.56. The van der Waals surface area contributed by atoms with Crippen molar-refractivity contribution in [2.45, 2.75) is 6.92 Å². The molecular formula is C55H37N3. The number of fused-ring (bicyclic) bond motifs is 10. The highest BCUT2D eigenvalue weighted by atomic mass is 15.0. The standard InChI is InChI=1S/C55H37N3/c1-36-21-28-49-45(33-36)46-34-39(24-29-50(46)56(49)41-15-7-3-8-16-41)40-25-30-51-47(35-40)55-53(57(51)42-17-9-4-10-18-42)32-31-52-54(55)44-19-11-12-20-48(44)58(52)43-26-22-38(23-27-43)37-13-5-2-6-14-37/h2-35H,1H3. The highest BCUT2D eigenvalue weighted by Gasteiger charge is 2.21. The summed E-state index contributed by atoms with van der Waals surface area (Å²) in [6, 6.07) is 75.5. The van der Waals surface area contributed by atoms with Crippen LogP contribution in [0.2, 0.25) is 0 Å². The summed E-state index contributed by atoms with van der Waals surface area (Å²) in [5.41, 5.74) is 16.8. The average Bonchev–Trinajstić information content (AvgIpc) is 3.92. The van der Waals surface area contributed by atoms with Gasteiger partial charge in [0.25, 0.3) is 0 Å². The molecule has 0 atom stereocenters. The lowest BCUT2D eigenvalue weighted by Crippen LogP contribution is -1.94. The van der Waals surface area contributed by atoms with Crippen molar-refractivity contribution in [1.82, 2.24) is 13.7 Å². The van der Waals surface area contributed by atoms with E-state index in [0.717, 1.165) is 11.4 Å². The summed E-state index contributed by atoms with van der Waals surface area (Å²) in [5.74, 6) is 0. The van der Waals surface area contributed by atoms with E-state index in [2.05, 4.69) is 227 Å². The third-order valence-electron chi connectivity index (χ3n) is 12.1. The second kappa shape index (κ2) is 12.7. The molecule has 3 heteroatoms. The van der Waals surface area contributed by atoms with Crippen LogP contribution in [0.15, 0.2) is 206 Å². The molecular weight excluding hydrogens is 703 g/mol. The van der Waals surface area contributed by atoms with Gasteiger partial charge in [-0.25, -0.2) is 0 Å². The molecule has 0 aliphatic rings. The van der Waals surface area contributed by atoms with Crippen LogP contribution < -0.4 is 0 Å². The first-order valence-corrected chi connectivity index (χ1v) is 20.0. The fourth-order valence-corrected chi connectivity index (χ4v) is 9.49. The van der Waals surface area contributed by atoms with Crippen molar-refractivity contribution in [2.24, 2.45) is 0 Å². The summed E-state index contributed by atoms with van der Waals surface area (Å²) in [6.07, 6.45) is 0. The molecule has 58 heavy (non-hydrogen) atoms. The van der Waals surface area contributed by atoms with Gasteiger partial charge in [0.15, 0.2) is 0 Å². The van der Waals surface area contributed by atoms with E-state index < -0.39 is 0 Å². The Labute approximate surface area is 335 Å². The van der Waals surface area contributed by atoms with E-state index in [0.29, 0.717) is 0 Å². The molecule has 9 aromatic carbocycles. The third-order valence-corrected chi connectivity index (χ3v) is 12.1. The van der Waals surface area contributed by atoms with E-state index in [1.165, 1.54) is 98.9 Å². The molecule has 12 rings (SSSR count). The molecule has 12 aromatic rings. The van der Waals surface area contributed by atoms with Crippen molar-refractivity contribution in [1.29, 1.82) is 0 Å². The first-order valence-electron chi connectivity index (χ1n) is 20.0. The Balaban J connectivity index is 1.12. The second-order valence-electron chi connectivity index (χ2n) is 15.4. The van der Waals surface area contributed by atoms with Gasteiger partial charge >= 0.3 is 0 Å². The lowest BCUT2D eigenvalue weighted by Gasteiger charge is -2.10. The maximum absolute atomic E-state index is 2.44. The first kappa shape index (κ1) is 32.6. The summed E-state index contributed by atoms with van der Waals surface area (Å²) in [7, 11) is 0. The normalized spacial score (nSPS) is 11.9. The zero-order valence-electron chi connectivity index (χ0n) is 32.0. The van der Waals surface area contributed by atoms with E-state index in [4.69, 9.17) is 0 Å². The van der Waals surface area contributed by atoms with Crippen molar-refractivity contribution in [3.63, 3.8) is 0 Å². The van der Waals surface area contributed by atoms with Gasteiger partial charge < -0.3 is 13.7 Å². The number of nitrogens with zero attached hydrogens (tertiary/aromatic N) is 3. The summed E-state index contributed by atoms with van der Waals surface area (Å²) >= 11 is 0. The van der Waals surface area contributed by atoms with Crippen LogP contribution in [-0.2, 0) is 0 Å². The van der Waals surface area contributed by atoms with Crippen LogP contribution in [-0.4, -0.2) is 13.7 Å². The largest absolute Gasteiger partial charge is 0.309 e. The van der Waals surface area contributed by atoms with Gasteiger partial charge in [0.1, 0.15) is 0 Å². The van der Waals surface area contributed by atoms with Crippen LogP contribution in [0.1, 0.15) is 5.56 Å². The Hall–Kier alpha value is -7.62. The second-order valence-corrected chi connectivity index (χ2v) is 15.4. The Morgan fingerprint density at radius 1 is 0.259 bits per heavy atom. The van der Waals surface area contributed by atoms with E-state index in [1.54, 1.807) is 0 Å². The van der Waals surface area contributed by atoms with Crippen LogP contribution in [0.25, 0.3) is 105 Å². The quantitative estimate of drug-likeness (QED) is 0.167. The van der Waals surface area contributed by atoms with Crippen LogP contribution in [0.3, 0.4) is 0 Å². The molecule has 0 unspecified atom stereocenters. The Morgan fingerprint density at radius 2 is 0.655 bits per heavy atom. The molecule has 0 aliphatic heterocycles. The van der Waals surface area contributed by atoms with Crippen LogP contribution in [0.4, 0.5) is 0 Å². The van der Waals surface area contributed by atoms with Crippen molar-refractivity contribution < 1.29 is 0 Å². The van der Waals surface area contributed by atoms with Gasteiger partial charge in [0.2, 0.25) is 0 Å². The maximum Gasteiger partial charge on any atom is 0.0548 e. The Kier molecular flexibility index (Phi) is 7.14.